The number of ether oxygens (including phenoxy) is 1. The van der Waals surface area contributed by atoms with E-state index in [0.717, 1.165) is 50.4 Å². The molecule has 5 heteroatoms. The van der Waals surface area contributed by atoms with Gasteiger partial charge in [0, 0.05) is 57.0 Å². The smallest absolute Gasteiger partial charge is 0.179 e. The fourth-order valence-corrected chi connectivity index (χ4v) is 13.6. The number of hydrogen-bond acceptors (Lipinski definition) is 3. The molecule has 10 rings (SSSR count). The van der Waals surface area contributed by atoms with E-state index in [9.17, 15) is 0 Å². The fourth-order valence-electron chi connectivity index (χ4n) is 8.74. The van der Waals surface area contributed by atoms with Crippen LogP contribution in [-0.2, 0) is 5.41 Å². The number of pyridine rings is 2. The summed E-state index contributed by atoms with van der Waals surface area (Å²) in [6.45, 7) is 4.58. The molecule has 0 spiro atoms. The van der Waals surface area contributed by atoms with E-state index >= 15 is 0 Å². The maximum atomic E-state index is 6.68. The van der Waals surface area contributed by atoms with Gasteiger partial charge in [-0.2, -0.15) is 0 Å². The number of para-hydroxylation sites is 1. The second-order valence-corrected chi connectivity index (χ2v) is 18.4. The summed E-state index contributed by atoms with van der Waals surface area (Å²) in [5, 5.41) is 7.49. The maximum absolute atomic E-state index is 6.68. The third kappa shape index (κ3) is 4.89. The van der Waals surface area contributed by atoms with Crippen LogP contribution in [-0.4, -0.2) is 22.6 Å². The molecule has 0 N–H and O–H groups in total. The Bertz CT molecular complexity index is 2790. The number of rotatable bonds is 6. The predicted octanol–water partition coefficient (Wildman–Crippen LogP) is 9.05. The van der Waals surface area contributed by atoms with Crippen LogP contribution in [0.3, 0.4) is 0 Å². The molecule has 0 unspecified atom stereocenters. The van der Waals surface area contributed by atoms with E-state index in [1.54, 1.807) is 0 Å². The van der Waals surface area contributed by atoms with Crippen molar-refractivity contribution >= 4 is 50.8 Å². The van der Waals surface area contributed by atoms with Crippen molar-refractivity contribution < 1.29 is 4.74 Å². The molecule has 1 aliphatic heterocycles. The summed E-state index contributed by atoms with van der Waals surface area (Å²) in [7, 11) is -2.91. The van der Waals surface area contributed by atoms with E-state index in [2.05, 4.69) is 176 Å². The average molecular weight is 712 g/mol. The first-order chi connectivity index (χ1) is 26.5. The number of aromatic nitrogens is 3. The average Bonchev–Trinajstić information content (AvgIpc) is 3.55. The lowest BCUT2D eigenvalue weighted by molar-refractivity contribution is 0.419. The zero-order chi connectivity index (χ0) is 36.3. The van der Waals surface area contributed by atoms with Gasteiger partial charge in [0.05, 0.1) is 11.2 Å². The lowest BCUT2D eigenvalue weighted by Gasteiger charge is -2.35. The Morgan fingerprint density at radius 3 is 1.93 bits per heavy atom. The molecule has 3 aromatic heterocycles. The van der Waals surface area contributed by atoms with Crippen molar-refractivity contribution in [3.8, 4) is 28.4 Å². The van der Waals surface area contributed by atoms with Gasteiger partial charge in [0.25, 0.3) is 0 Å². The SMILES string of the molecule is CC1(C)c2ccccc2Oc2cc3c(cc21)c1cccnc1n3-c1cccc([Si](c2ccccc2)(c2ccccc2)c2cccc(-c3ccccn3)c2)c1. The fraction of sp³-hybridized carbons (Fsp3) is 0.0612. The van der Waals surface area contributed by atoms with Crippen LogP contribution in [0.5, 0.6) is 11.5 Å². The molecule has 0 saturated heterocycles. The zero-order valence-electron chi connectivity index (χ0n) is 30.1. The van der Waals surface area contributed by atoms with Crippen LogP contribution in [0.1, 0.15) is 25.0 Å². The van der Waals surface area contributed by atoms with Crippen LogP contribution in [0.4, 0.5) is 0 Å². The maximum Gasteiger partial charge on any atom is 0.179 e. The van der Waals surface area contributed by atoms with Gasteiger partial charge in [0.15, 0.2) is 8.07 Å². The van der Waals surface area contributed by atoms with Gasteiger partial charge in [-0.05, 0) is 69.3 Å². The third-order valence-corrected chi connectivity index (χ3v) is 16.0. The van der Waals surface area contributed by atoms with Gasteiger partial charge in [-0.3, -0.25) is 9.55 Å². The van der Waals surface area contributed by atoms with Crippen molar-refractivity contribution in [2.24, 2.45) is 0 Å². The molecule has 1 aliphatic rings. The molecule has 0 fully saturated rings. The lowest BCUT2D eigenvalue weighted by atomic mass is 9.75. The standard InChI is InChI=1S/C49H37N3OSi/c1-49(2)42-25-9-10-27-46(42)53-47-33-45-41(32-43(47)49)40-24-15-29-51-48(40)52(45)35-17-14-23-39(31-35)54(36-18-5-3-6-19-36,37-20-7-4-8-21-37)38-22-13-16-34(30-38)44-26-11-12-28-50-44/h3-33H,1-2H3. The molecule has 9 aromatic rings. The van der Waals surface area contributed by atoms with Gasteiger partial charge in [0.2, 0.25) is 0 Å². The first-order valence-electron chi connectivity index (χ1n) is 18.5. The zero-order valence-corrected chi connectivity index (χ0v) is 31.1. The van der Waals surface area contributed by atoms with Crippen LogP contribution in [0.15, 0.2) is 188 Å². The molecule has 0 atom stereocenters. The summed E-state index contributed by atoms with van der Waals surface area (Å²) in [6.07, 6.45) is 3.76. The molecule has 0 radical (unpaired) electrons. The Kier molecular flexibility index (Phi) is 7.46. The third-order valence-electron chi connectivity index (χ3n) is 11.3. The summed E-state index contributed by atoms with van der Waals surface area (Å²) in [5.74, 6) is 1.79. The van der Waals surface area contributed by atoms with Gasteiger partial charge in [0.1, 0.15) is 17.1 Å². The highest BCUT2D eigenvalue weighted by Crippen LogP contribution is 2.50. The van der Waals surface area contributed by atoms with Gasteiger partial charge in [-0.1, -0.05) is 135 Å². The van der Waals surface area contributed by atoms with E-state index in [0.29, 0.717) is 0 Å². The van der Waals surface area contributed by atoms with Crippen molar-refractivity contribution in [3.05, 3.63) is 199 Å². The molecular weight excluding hydrogens is 675 g/mol. The Labute approximate surface area is 316 Å². The summed E-state index contributed by atoms with van der Waals surface area (Å²) in [5.41, 5.74) is 7.27. The summed E-state index contributed by atoms with van der Waals surface area (Å²) in [6, 6.07) is 63.7. The van der Waals surface area contributed by atoms with Gasteiger partial charge < -0.3 is 4.74 Å². The number of nitrogens with zero attached hydrogens (tertiary/aromatic N) is 3. The van der Waals surface area contributed by atoms with Crippen molar-refractivity contribution in [3.63, 3.8) is 0 Å². The molecule has 4 heterocycles. The normalized spacial score (nSPS) is 13.3. The van der Waals surface area contributed by atoms with Crippen molar-refractivity contribution in [1.82, 2.24) is 14.5 Å². The van der Waals surface area contributed by atoms with Gasteiger partial charge >= 0.3 is 0 Å². The predicted molar refractivity (Wildman–Crippen MR) is 224 cm³/mol. The minimum absolute atomic E-state index is 0.227. The summed E-state index contributed by atoms with van der Waals surface area (Å²) < 4.78 is 9.00. The topological polar surface area (TPSA) is 39.9 Å². The monoisotopic (exact) mass is 711 g/mol. The Hall–Kier alpha value is -6.56. The molecule has 4 nitrogen and oxygen atoms in total. The Balaban J connectivity index is 1.25. The Morgan fingerprint density at radius 2 is 1.17 bits per heavy atom. The first-order valence-corrected chi connectivity index (χ1v) is 20.5. The van der Waals surface area contributed by atoms with Crippen LogP contribution in [0, 0.1) is 0 Å². The van der Waals surface area contributed by atoms with E-state index in [1.807, 2.05) is 30.6 Å². The summed E-state index contributed by atoms with van der Waals surface area (Å²) in [4.78, 5) is 9.78. The van der Waals surface area contributed by atoms with E-state index in [-0.39, 0.29) is 5.41 Å². The van der Waals surface area contributed by atoms with Crippen molar-refractivity contribution in [1.29, 1.82) is 0 Å². The van der Waals surface area contributed by atoms with Crippen LogP contribution >= 0.6 is 0 Å². The second-order valence-electron chi connectivity index (χ2n) is 14.6. The number of fused-ring (bicyclic) bond motifs is 5. The highest BCUT2D eigenvalue weighted by molar-refractivity contribution is 7.20. The number of benzene rings is 6. The van der Waals surface area contributed by atoms with E-state index in [4.69, 9.17) is 14.7 Å². The van der Waals surface area contributed by atoms with Crippen LogP contribution < -0.4 is 25.5 Å². The van der Waals surface area contributed by atoms with Crippen molar-refractivity contribution in [2.75, 3.05) is 0 Å². The highest BCUT2D eigenvalue weighted by Gasteiger charge is 2.42. The first kappa shape index (κ1) is 32.1. The molecule has 0 bridgehead atoms. The van der Waals surface area contributed by atoms with E-state index in [1.165, 1.54) is 31.9 Å². The molecule has 54 heavy (non-hydrogen) atoms. The highest BCUT2D eigenvalue weighted by atomic mass is 28.3. The largest absolute Gasteiger partial charge is 0.457 e. The van der Waals surface area contributed by atoms with Crippen LogP contribution in [0.2, 0.25) is 0 Å². The molecule has 0 saturated carbocycles. The van der Waals surface area contributed by atoms with Gasteiger partial charge in [-0.25, -0.2) is 4.98 Å². The quantitative estimate of drug-likeness (QED) is 0.128. The molecule has 258 valence electrons. The van der Waals surface area contributed by atoms with Crippen LogP contribution in [0.25, 0.3) is 38.9 Å². The Morgan fingerprint density at radius 1 is 0.500 bits per heavy atom. The molecule has 0 aliphatic carbocycles. The van der Waals surface area contributed by atoms with Crippen molar-refractivity contribution in [2.45, 2.75) is 19.3 Å². The minimum atomic E-state index is -2.91. The molecule has 0 amide bonds. The molecule has 6 aromatic carbocycles. The van der Waals surface area contributed by atoms with E-state index < -0.39 is 8.07 Å². The lowest BCUT2D eigenvalue weighted by Crippen LogP contribution is -2.74. The molecular formula is C49H37N3OSi. The second kappa shape index (κ2) is 12.5. The van der Waals surface area contributed by atoms with Gasteiger partial charge in [-0.15, -0.1) is 0 Å². The summed E-state index contributed by atoms with van der Waals surface area (Å²) >= 11 is 0. The minimum Gasteiger partial charge on any atom is -0.457 e. The number of hydrogen-bond donors (Lipinski definition) is 0.